The van der Waals surface area contributed by atoms with E-state index in [0.717, 1.165) is 56.4 Å². The van der Waals surface area contributed by atoms with Gasteiger partial charge in [0.1, 0.15) is 34.3 Å². The Hall–Kier alpha value is -7.60. The molecule has 0 aliphatic heterocycles. The van der Waals surface area contributed by atoms with E-state index in [4.69, 9.17) is 23.7 Å². The predicted octanol–water partition coefficient (Wildman–Crippen LogP) is 13.0. The second kappa shape index (κ2) is 21.6. The third-order valence-corrected chi connectivity index (χ3v) is 10.0. The molecule has 0 spiro atoms. The average Bonchev–Trinajstić information content (AvgIpc) is 3.86. The number of carbonyl (C=O) groups excluding carboxylic acids is 1. The fraction of sp³-hybridized carbons (Fsp3) is 0.273. The Morgan fingerprint density at radius 1 is 0.463 bits per heavy atom. The second-order valence-corrected chi connectivity index (χ2v) is 16.7. The monoisotopic (exact) mass is 904 g/mol. The zero-order chi connectivity index (χ0) is 47.1. The maximum Gasteiger partial charge on any atom is 0.359 e. The molecular formula is C55H60N4O8. The maximum absolute atomic E-state index is 12.8. The van der Waals surface area contributed by atoms with Crippen molar-refractivity contribution >= 4 is 23.2 Å². The number of benzene rings is 4. The van der Waals surface area contributed by atoms with E-state index in [2.05, 4.69) is 9.97 Å². The lowest BCUT2D eigenvalue weighted by Crippen LogP contribution is -2.07. The number of hydrogen-bond acceptors (Lipinski definition) is 9. The molecule has 0 aliphatic rings. The van der Waals surface area contributed by atoms with Crippen LogP contribution < -0.4 is 18.9 Å². The third-order valence-electron chi connectivity index (χ3n) is 10.0. The fourth-order valence-electron chi connectivity index (χ4n) is 7.40. The Morgan fingerprint density at radius 3 is 1.07 bits per heavy atom. The third kappa shape index (κ3) is 11.8. The number of nitrogens with zero attached hydrogens (tertiary/aromatic N) is 4. The van der Waals surface area contributed by atoms with Crippen molar-refractivity contribution in [1.82, 2.24) is 18.8 Å². The van der Waals surface area contributed by atoms with Gasteiger partial charge in [-0.05, 0) is 182 Å². The molecule has 8 aromatic rings. The second-order valence-electron chi connectivity index (χ2n) is 16.7. The van der Waals surface area contributed by atoms with Crippen molar-refractivity contribution in [2.45, 2.75) is 94.2 Å². The quantitative estimate of drug-likeness (QED) is 0.0990. The molecule has 12 heteroatoms. The summed E-state index contributed by atoms with van der Waals surface area (Å²) in [5, 5.41) is 9.78. The molecule has 4 aromatic carbocycles. The first-order valence-corrected chi connectivity index (χ1v) is 22.2. The van der Waals surface area contributed by atoms with Crippen LogP contribution in [0.25, 0.3) is 56.1 Å². The molecule has 0 atom stereocenters. The van der Waals surface area contributed by atoms with Crippen LogP contribution in [-0.4, -0.2) is 66.8 Å². The summed E-state index contributed by atoms with van der Waals surface area (Å²) in [6.45, 7) is 18.0. The first-order valence-electron chi connectivity index (χ1n) is 22.2. The number of carboxylic acids is 1. The molecule has 67 heavy (non-hydrogen) atoms. The summed E-state index contributed by atoms with van der Waals surface area (Å²) in [6, 6.07) is 38.6. The molecule has 0 saturated carbocycles. The van der Waals surface area contributed by atoms with Gasteiger partial charge in [0.25, 0.3) is 0 Å². The van der Waals surface area contributed by atoms with Crippen LogP contribution in [0.3, 0.4) is 0 Å². The highest BCUT2D eigenvalue weighted by atomic mass is 16.5. The number of aromatic carboxylic acids is 1. The van der Waals surface area contributed by atoms with Gasteiger partial charge in [-0.1, -0.05) is 31.7 Å². The normalized spacial score (nSPS) is 11.1. The number of fused-ring (bicyclic) bond motifs is 2. The standard InChI is InChI=1S/C28H30N2O4.C26H26N2O4.CH4/c1-6-32-28(31)26-27(21-9-14-24(15-10-21)34-19(4)5)30-17-22(11-16-25(30)29-26)20-7-12-23(13-8-20)33-18(2)3;1-16(2)31-21-10-5-18(6-11-21)20-9-14-23-27-24(26(29)30)25(28(23)15-20)19-7-12-22(13-8-19)32-17(3)4;/h7-19H,6H2,1-5H3;5-17H,1-4H3,(H,29,30);1H4. The number of hydrogen-bond donors (Lipinski definition) is 1. The Kier molecular flexibility index (Phi) is 15.7. The molecule has 348 valence electrons. The molecule has 0 fully saturated rings. The Bertz CT molecular complexity index is 2910. The molecule has 0 unspecified atom stereocenters. The van der Waals surface area contributed by atoms with Gasteiger partial charge >= 0.3 is 11.9 Å². The topological polar surface area (TPSA) is 135 Å². The number of imidazole rings is 2. The minimum Gasteiger partial charge on any atom is -0.491 e. The number of carboxylic acid groups (broad SMARTS) is 1. The van der Waals surface area contributed by atoms with Gasteiger partial charge in [-0.3, -0.25) is 8.80 Å². The maximum atomic E-state index is 12.8. The Labute approximate surface area is 392 Å². The van der Waals surface area contributed by atoms with Crippen molar-refractivity contribution < 1.29 is 38.4 Å². The molecule has 0 aliphatic carbocycles. The van der Waals surface area contributed by atoms with Crippen LogP contribution in [-0.2, 0) is 4.74 Å². The number of ether oxygens (including phenoxy) is 5. The number of esters is 1. The molecule has 12 nitrogen and oxygen atoms in total. The fourth-order valence-corrected chi connectivity index (χ4v) is 7.40. The van der Waals surface area contributed by atoms with Gasteiger partial charge in [-0.15, -0.1) is 0 Å². The van der Waals surface area contributed by atoms with E-state index in [1.54, 1.807) is 6.92 Å². The van der Waals surface area contributed by atoms with E-state index in [1.165, 1.54) is 0 Å². The zero-order valence-electron chi connectivity index (χ0n) is 38.8. The van der Waals surface area contributed by atoms with Crippen LogP contribution in [0.15, 0.2) is 134 Å². The highest BCUT2D eigenvalue weighted by Gasteiger charge is 2.23. The number of rotatable bonds is 15. The van der Waals surface area contributed by atoms with E-state index in [0.29, 0.717) is 22.7 Å². The van der Waals surface area contributed by atoms with Gasteiger partial charge in [0.2, 0.25) is 0 Å². The lowest BCUT2D eigenvalue weighted by atomic mass is 10.1. The van der Waals surface area contributed by atoms with Gasteiger partial charge < -0.3 is 28.8 Å². The summed E-state index contributed by atoms with van der Waals surface area (Å²) in [5.41, 5.74) is 8.35. The largest absolute Gasteiger partial charge is 0.491 e. The van der Waals surface area contributed by atoms with Crippen LogP contribution in [0.4, 0.5) is 0 Å². The Morgan fingerprint density at radius 2 is 0.761 bits per heavy atom. The van der Waals surface area contributed by atoms with E-state index >= 15 is 0 Å². The van der Waals surface area contributed by atoms with Crippen molar-refractivity contribution in [2.75, 3.05) is 6.61 Å². The molecule has 0 radical (unpaired) electrons. The van der Waals surface area contributed by atoms with Crippen LogP contribution in [0.1, 0.15) is 90.7 Å². The molecule has 4 heterocycles. The van der Waals surface area contributed by atoms with Crippen molar-refractivity contribution in [3.8, 4) is 67.8 Å². The molecule has 0 amide bonds. The molecule has 8 rings (SSSR count). The van der Waals surface area contributed by atoms with E-state index < -0.39 is 11.9 Å². The highest BCUT2D eigenvalue weighted by Crippen LogP contribution is 2.33. The van der Waals surface area contributed by atoms with Gasteiger partial charge in [0.15, 0.2) is 11.4 Å². The lowest BCUT2D eigenvalue weighted by molar-refractivity contribution is 0.0520. The number of carbonyl (C=O) groups is 2. The average molecular weight is 905 g/mol. The SMILES string of the molecule is C.CC(C)Oc1ccc(-c2ccc3nc(C(=O)O)c(-c4ccc(OC(C)C)cc4)n3c2)cc1.CCOC(=O)c1nc2ccc(-c3ccc(OC(C)C)cc3)cn2c1-c1ccc(OC(C)C)cc1. The van der Waals surface area contributed by atoms with E-state index in [-0.39, 0.29) is 49.8 Å². The first-order chi connectivity index (χ1) is 31.7. The van der Waals surface area contributed by atoms with E-state index in [1.807, 2.05) is 198 Å². The van der Waals surface area contributed by atoms with Gasteiger partial charge in [-0.2, -0.15) is 0 Å². The van der Waals surface area contributed by atoms with Crippen LogP contribution in [0, 0.1) is 0 Å². The van der Waals surface area contributed by atoms with Crippen molar-refractivity contribution in [3.63, 3.8) is 0 Å². The predicted molar refractivity (Wildman–Crippen MR) is 265 cm³/mol. The minimum absolute atomic E-state index is 0. The molecular weight excluding hydrogens is 845 g/mol. The summed E-state index contributed by atoms with van der Waals surface area (Å²) in [7, 11) is 0. The summed E-state index contributed by atoms with van der Waals surface area (Å²) in [6.07, 6.45) is 4.28. The Balaban J connectivity index is 0.000000218. The number of aromatic nitrogens is 4. The first kappa shape index (κ1) is 48.8. The molecule has 1 N–H and O–H groups in total. The van der Waals surface area contributed by atoms with E-state index in [9.17, 15) is 14.7 Å². The lowest BCUT2D eigenvalue weighted by Gasteiger charge is -2.12. The van der Waals surface area contributed by atoms with Crippen LogP contribution in [0.2, 0.25) is 0 Å². The van der Waals surface area contributed by atoms with Crippen LogP contribution >= 0.6 is 0 Å². The van der Waals surface area contributed by atoms with Crippen LogP contribution in [0.5, 0.6) is 23.0 Å². The molecule has 0 bridgehead atoms. The summed E-state index contributed by atoms with van der Waals surface area (Å²) >= 11 is 0. The summed E-state index contributed by atoms with van der Waals surface area (Å²) in [5.74, 6) is 1.64. The zero-order valence-corrected chi connectivity index (χ0v) is 38.8. The molecule has 0 saturated heterocycles. The minimum atomic E-state index is -1.07. The summed E-state index contributed by atoms with van der Waals surface area (Å²) < 4.78 is 32.1. The number of pyridine rings is 2. The van der Waals surface area contributed by atoms with Crippen molar-refractivity contribution in [3.05, 3.63) is 145 Å². The van der Waals surface area contributed by atoms with Gasteiger partial charge in [0, 0.05) is 23.5 Å². The smallest absolute Gasteiger partial charge is 0.359 e. The molecule has 4 aromatic heterocycles. The van der Waals surface area contributed by atoms with Crippen molar-refractivity contribution in [1.29, 1.82) is 0 Å². The van der Waals surface area contributed by atoms with Crippen molar-refractivity contribution in [2.24, 2.45) is 0 Å². The highest BCUT2D eigenvalue weighted by molar-refractivity contribution is 5.96. The van der Waals surface area contributed by atoms with Gasteiger partial charge in [0.05, 0.1) is 42.4 Å². The summed E-state index contributed by atoms with van der Waals surface area (Å²) in [4.78, 5) is 33.7. The van der Waals surface area contributed by atoms with Gasteiger partial charge in [-0.25, -0.2) is 19.6 Å².